The Hall–Kier alpha value is -2.27. The first-order valence-electron chi connectivity index (χ1n) is 8.04. The molecule has 1 aliphatic rings. The Morgan fingerprint density at radius 3 is 2.71 bits per heavy atom. The lowest BCUT2D eigenvalue weighted by atomic mass is 10.1. The molecule has 1 saturated heterocycles. The molecule has 1 aliphatic heterocycles. The molecule has 0 bridgehead atoms. The quantitative estimate of drug-likeness (QED) is 0.627. The predicted molar refractivity (Wildman–Crippen MR) is 106 cm³/mol. The van der Waals surface area contributed by atoms with Gasteiger partial charge in [0.25, 0.3) is 0 Å². The minimum Gasteiger partial charge on any atom is -0.442 e. The van der Waals surface area contributed by atoms with Gasteiger partial charge in [0.2, 0.25) is 5.91 Å². The molecular weight excluding hydrogens is 506 g/mol. The predicted octanol–water partition coefficient (Wildman–Crippen LogP) is 3.90. The number of hydrogen-bond donors (Lipinski definition) is 2. The van der Waals surface area contributed by atoms with Gasteiger partial charge >= 0.3 is 6.09 Å². The van der Waals surface area contributed by atoms with Gasteiger partial charge in [-0.3, -0.25) is 9.69 Å². The minimum atomic E-state index is -0.879. The maximum atomic E-state index is 14.6. The van der Waals surface area contributed by atoms with Crippen LogP contribution >= 0.6 is 31.9 Å². The molecule has 148 valence electrons. The molecule has 28 heavy (non-hydrogen) atoms. The van der Waals surface area contributed by atoms with E-state index in [4.69, 9.17) is 4.74 Å². The van der Waals surface area contributed by atoms with Crippen LogP contribution in [0.5, 0.6) is 0 Å². The van der Waals surface area contributed by atoms with Gasteiger partial charge in [-0.2, -0.15) is 0 Å². The molecule has 1 aromatic heterocycles. The van der Waals surface area contributed by atoms with Crippen molar-refractivity contribution in [3.63, 3.8) is 0 Å². The summed E-state index contributed by atoms with van der Waals surface area (Å²) in [7, 11) is 0. The molecule has 1 aromatic carbocycles. The molecule has 7 nitrogen and oxygen atoms in total. The van der Waals surface area contributed by atoms with Crippen LogP contribution in [-0.4, -0.2) is 41.2 Å². The standard InChI is InChI=1S/C17H14Br2F2N4O3/c1-8(26)22-6-11-7-25(17(27)28-11)10-3-12(20)15(13(21)4-10)16-23-5-9(24-16)2-14(18)19/h2-5,11H,6-7H2,1H3,(H,22,26)(H,23,24)/t11-/m0/s1. The van der Waals surface area contributed by atoms with Crippen LogP contribution in [0, 0.1) is 11.6 Å². The van der Waals surface area contributed by atoms with Crippen LogP contribution in [0.1, 0.15) is 12.6 Å². The number of carbonyl (C=O) groups is 2. The highest BCUT2D eigenvalue weighted by atomic mass is 79.9. The zero-order chi connectivity index (χ0) is 20.4. The Labute approximate surface area is 175 Å². The van der Waals surface area contributed by atoms with Crippen molar-refractivity contribution in [1.82, 2.24) is 15.3 Å². The number of amides is 2. The zero-order valence-electron chi connectivity index (χ0n) is 14.4. The summed E-state index contributed by atoms with van der Waals surface area (Å²) in [5.41, 5.74) is 0.144. The number of nitrogens with one attached hydrogen (secondary N) is 2. The highest BCUT2D eigenvalue weighted by Crippen LogP contribution is 2.31. The van der Waals surface area contributed by atoms with Crippen LogP contribution in [0.25, 0.3) is 17.5 Å². The highest BCUT2D eigenvalue weighted by molar-refractivity contribution is 9.28. The molecule has 1 atom stereocenters. The fraction of sp³-hybridized carbons (Fsp3) is 0.235. The van der Waals surface area contributed by atoms with E-state index in [1.54, 1.807) is 6.08 Å². The van der Waals surface area contributed by atoms with Gasteiger partial charge in [0, 0.05) is 13.1 Å². The van der Waals surface area contributed by atoms with Crippen molar-refractivity contribution in [2.45, 2.75) is 13.0 Å². The molecule has 0 spiro atoms. The van der Waals surface area contributed by atoms with E-state index in [2.05, 4.69) is 47.1 Å². The number of aromatic amines is 1. The molecular formula is C17H14Br2F2N4O3. The van der Waals surface area contributed by atoms with Crippen LogP contribution in [0.2, 0.25) is 0 Å². The normalized spacial score (nSPS) is 16.1. The summed E-state index contributed by atoms with van der Waals surface area (Å²) in [6.07, 6.45) is 1.76. The lowest BCUT2D eigenvalue weighted by Gasteiger charge is -2.14. The second-order valence-corrected chi connectivity index (χ2v) is 8.72. The highest BCUT2D eigenvalue weighted by Gasteiger charge is 2.33. The fourth-order valence-electron chi connectivity index (χ4n) is 2.69. The lowest BCUT2D eigenvalue weighted by molar-refractivity contribution is -0.119. The van der Waals surface area contributed by atoms with E-state index in [1.807, 2.05) is 0 Å². The first kappa shape index (κ1) is 20.5. The Kier molecular flexibility index (Phi) is 6.14. The van der Waals surface area contributed by atoms with Gasteiger partial charge in [0.15, 0.2) is 0 Å². The largest absolute Gasteiger partial charge is 0.442 e. The summed E-state index contributed by atoms with van der Waals surface area (Å²) in [5, 5.41) is 2.53. The number of ether oxygens (including phenoxy) is 1. The van der Waals surface area contributed by atoms with Gasteiger partial charge in [-0.1, -0.05) is 0 Å². The van der Waals surface area contributed by atoms with Crippen LogP contribution in [0.15, 0.2) is 21.7 Å². The van der Waals surface area contributed by atoms with Gasteiger partial charge < -0.3 is 15.0 Å². The van der Waals surface area contributed by atoms with Crippen molar-refractivity contribution >= 4 is 55.6 Å². The van der Waals surface area contributed by atoms with Crippen LogP contribution in [-0.2, 0) is 9.53 Å². The number of H-pyrrole nitrogens is 1. The number of nitrogens with zero attached hydrogens (tertiary/aromatic N) is 2. The summed E-state index contributed by atoms with van der Waals surface area (Å²) in [4.78, 5) is 30.9. The fourth-order valence-corrected chi connectivity index (χ4v) is 3.16. The topological polar surface area (TPSA) is 87.3 Å². The molecule has 0 radical (unpaired) electrons. The molecule has 2 N–H and O–H groups in total. The molecule has 11 heteroatoms. The van der Waals surface area contributed by atoms with Crippen LogP contribution in [0.3, 0.4) is 0 Å². The van der Waals surface area contributed by atoms with Crippen molar-refractivity contribution in [2.24, 2.45) is 0 Å². The molecule has 2 aromatic rings. The Bertz CT molecular complexity index is 937. The van der Waals surface area contributed by atoms with Crippen molar-refractivity contribution in [2.75, 3.05) is 18.0 Å². The number of anilines is 1. The molecule has 0 unspecified atom stereocenters. The Morgan fingerprint density at radius 2 is 2.11 bits per heavy atom. The van der Waals surface area contributed by atoms with Gasteiger partial charge in [-0.25, -0.2) is 18.6 Å². The zero-order valence-corrected chi connectivity index (χ0v) is 17.6. The van der Waals surface area contributed by atoms with Crippen molar-refractivity contribution in [3.8, 4) is 11.4 Å². The Balaban J connectivity index is 1.84. The van der Waals surface area contributed by atoms with Gasteiger partial charge in [-0.15, -0.1) is 0 Å². The van der Waals surface area contributed by atoms with E-state index < -0.39 is 23.8 Å². The molecule has 2 amide bonds. The third-order valence-corrected chi connectivity index (χ3v) is 4.34. The van der Waals surface area contributed by atoms with Gasteiger partial charge in [0.05, 0.1) is 33.4 Å². The lowest BCUT2D eigenvalue weighted by Crippen LogP contribution is -2.33. The smallest absolute Gasteiger partial charge is 0.414 e. The number of hydrogen-bond acceptors (Lipinski definition) is 4. The average Bonchev–Trinajstić information content (AvgIpc) is 3.18. The van der Waals surface area contributed by atoms with Crippen molar-refractivity contribution < 1.29 is 23.1 Å². The Morgan fingerprint density at radius 1 is 1.43 bits per heavy atom. The number of aromatic nitrogens is 2. The van der Waals surface area contributed by atoms with E-state index in [1.165, 1.54) is 13.1 Å². The van der Waals surface area contributed by atoms with E-state index in [0.29, 0.717) is 9.09 Å². The van der Waals surface area contributed by atoms with E-state index in [-0.39, 0.29) is 36.1 Å². The molecule has 0 saturated carbocycles. The van der Waals surface area contributed by atoms with Crippen molar-refractivity contribution in [1.29, 1.82) is 0 Å². The molecule has 1 fully saturated rings. The summed E-state index contributed by atoms with van der Waals surface area (Å²) in [6, 6.07) is 2.08. The number of carbonyl (C=O) groups excluding carboxylic acids is 2. The maximum absolute atomic E-state index is 14.6. The minimum absolute atomic E-state index is 0.0154. The average molecular weight is 520 g/mol. The first-order chi connectivity index (χ1) is 13.2. The van der Waals surface area contributed by atoms with E-state index in [9.17, 15) is 18.4 Å². The van der Waals surface area contributed by atoms with Crippen LogP contribution < -0.4 is 10.2 Å². The third-order valence-electron chi connectivity index (χ3n) is 3.88. The monoisotopic (exact) mass is 518 g/mol. The summed E-state index contributed by atoms with van der Waals surface area (Å²) in [6.45, 7) is 1.52. The summed E-state index contributed by atoms with van der Waals surface area (Å²) in [5.74, 6) is -2.01. The summed E-state index contributed by atoms with van der Waals surface area (Å²) >= 11 is 6.37. The molecule has 3 rings (SSSR count). The second-order valence-electron chi connectivity index (χ2n) is 5.95. The first-order valence-corrected chi connectivity index (χ1v) is 9.63. The third kappa shape index (κ3) is 4.58. The maximum Gasteiger partial charge on any atom is 0.414 e. The van der Waals surface area contributed by atoms with Gasteiger partial charge in [0.1, 0.15) is 23.6 Å². The molecule has 2 heterocycles. The number of cyclic esters (lactones) is 1. The SMILES string of the molecule is CC(=O)NC[C@H]1CN(c2cc(F)c(-c3nc(C=C(Br)Br)c[nH]3)c(F)c2)C(=O)O1. The number of imidazole rings is 1. The van der Waals surface area contributed by atoms with Crippen LogP contribution in [0.4, 0.5) is 19.3 Å². The number of halogens is 4. The van der Waals surface area contributed by atoms with E-state index >= 15 is 0 Å². The summed E-state index contributed by atoms with van der Waals surface area (Å²) < 4.78 is 35.0. The van der Waals surface area contributed by atoms with Gasteiger partial charge in [-0.05, 0) is 50.1 Å². The van der Waals surface area contributed by atoms with Crippen molar-refractivity contribution in [3.05, 3.63) is 39.0 Å². The molecule has 0 aliphatic carbocycles. The second kappa shape index (κ2) is 8.39. The number of benzene rings is 1. The number of rotatable bonds is 5. The van der Waals surface area contributed by atoms with E-state index in [0.717, 1.165) is 17.0 Å².